The summed E-state index contributed by atoms with van der Waals surface area (Å²) < 4.78 is 0. The molecule has 4 nitrogen and oxygen atoms in total. The van der Waals surface area contributed by atoms with Gasteiger partial charge in [0.1, 0.15) is 0 Å². The quantitative estimate of drug-likeness (QED) is 0.513. The highest BCUT2D eigenvalue weighted by molar-refractivity contribution is 5.86. The Hall–Kier alpha value is -0.870. The lowest BCUT2D eigenvalue weighted by Crippen LogP contribution is -2.35. The van der Waals surface area contributed by atoms with Crippen LogP contribution in [0.25, 0.3) is 0 Å². The number of nitrogens with zero attached hydrogens (tertiary/aromatic N) is 1. The molecule has 0 unspecified atom stereocenters. The van der Waals surface area contributed by atoms with Crippen LogP contribution in [0.2, 0.25) is 0 Å². The fraction of sp³-hybridized carbons (Fsp3) is 0.786. The SMILES string of the molecule is C=C(CNCCCN(C)C1CCCCC1)C(=O)O. The van der Waals surface area contributed by atoms with Gasteiger partial charge < -0.3 is 15.3 Å². The van der Waals surface area contributed by atoms with E-state index in [1.165, 1.54) is 32.1 Å². The first kappa shape index (κ1) is 15.2. The summed E-state index contributed by atoms with van der Waals surface area (Å²) in [4.78, 5) is 13.0. The molecule has 0 atom stereocenters. The first-order valence-electron chi connectivity index (χ1n) is 6.93. The van der Waals surface area contributed by atoms with Gasteiger partial charge in [-0.15, -0.1) is 0 Å². The van der Waals surface area contributed by atoms with Gasteiger partial charge in [-0.3, -0.25) is 0 Å². The third-order valence-electron chi connectivity index (χ3n) is 3.70. The van der Waals surface area contributed by atoms with Gasteiger partial charge in [0.05, 0.1) is 0 Å². The second kappa shape index (κ2) is 8.27. The Labute approximate surface area is 110 Å². The van der Waals surface area contributed by atoms with Gasteiger partial charge in [0.25, 0.3) is 0 Å². The van der Waals surface area contributed by atoms with Crippen molar-refractivity contribution >= 4 is 5.97 Å². The van der Waals surface area contributed by atoms with Gasteiger partial charge >= 0.3 is 5.97 Å². The van der Waals surface area contributed by atoms with Crippen LogP contribution in [-0.4, -0.2) is 48.7 Å². The van der Waals surface area contributed by atoms with E-state index in [4.69, 9.17) is 5.11 Å². The molecule has 0 aromatic heterocycles. The predicted molar refractivity (Wildman–Crippen MR) is 73.8 cm³/mol. The van der Waals surface area contributed by atoms with E-state index in [2.05, 4.69) is 23.8 Å². The molecule has 0 spiro atoms. The highest BCUT2D eigenvalue weighted by atomic mass is 16.4. The number of carbonyl (C=O) groups is 1. The van der Waals surface area contributed by atoms with E-state index in [1.54, 1.807) is 0 Å². The van der Waals surface area contributed by atoms with Crippen molar-refractivity contribution in [2.45, 2.75) is 44.6 Å². The van der Waals surface area contributed by atoms with Crippen LogP contribution in [0.3, 0.4) is 0 Å². The van der Waals surface area contributed by atoms with E-state index < -0.39 is 5.97 Å². The Morgan fingerprint density at radius 1 is 1.39 bits per heavy atom. The summed E-state index contributed by atoms with van der Waals surface area (Å²) in [6.07, 6.45) is 7.85. The van der Waals surface area contributed by atoms with E-state index in [0.717, 1.165) is 25.6 Å². The zero-order valence-corrected chi connectivity index (χ0v) is 11.5. The summed E-state index contributed by atoms with van der Waals surface area (Å²) in [6.45, 7) is 5.80. The third-order valence-corrected chi connectivity index (χ3v) is 3.70. The number of rotatable bonds is 8. The molecule has 1 aliphatic rings. The predicted octanol–water partition coefficient (Wildman–Crippen LogP) is 1.87. The molecule has 0 saturated heterocycles. The summed E-state index contributed by atoms with van der Waals surface area (Å²) >= 11 is 0. The minimum absolute atomic E-state index is 0.232. The maximum absolute atomic E-state index is 10.5. The fourth-order valence-electron chi connectivity index (χ4n) is 2.47. The van der Waals surface area contributed by atoms with Crippen LogP contribution in [0, 0.1) is 0 Å². The van der Waals surface area contributed by atoms with Crippen LogP contribution in [0.5, 0.6) is 0 Å². The Morgan fingerprint density at radius 3 is 2.67 bits per heavy atom. The number of aliphatic carboxylic acids is 1. The maximum Gasteiger partial charge on any atom is 0.332 e. The molecule has 1 fully saturated rings. The van der Waals surface area contributed by atoms with Crippen molar-refractivity contribution in [3.63, 3.8) is 0 Å². The van der Waals surface area contributed by atoms with Gasteiger partial charge in [0.15, 0.2) is 0 Å². The second-order valence-electron chi connectivity index (χ2n) is 5.21. The zero-order chi connectivity index (χ0) is 13.4. The van der Waals surface area contributed by atoms with Gasteiger partial charge in [-0.1, -0.05) is 25.8 Å². The minimum Gasteiger partial charge on any atom is -0.478 e. The van der Waals surface area contributed by atoms with Gasteiger partial charge in [-0.2, -0.15) is 0 Å². The van der Waals surface area contributed by atoms with Crippen LogP contribution < -0.4 is 5.32 Å². The minimum atomic E-state index is -0.915. The molecule has 0 aliphatic heterocycles. The van der Waals surface area contributed by atoms with Crippen molar-refractivity contribution in [2.75, 3.05) is 26.7 Å². The molecule has 104 valence electrons. The van der Waals surface area contributed by atoms with Gasteiger partial charge in [0.2, 0.25) is 0 Å². The van der Waals surface area contributed by atoms with Gasteiger partial charge in [-0.05, 0) is 39.4 Å². The molecule has 1 aliphatic carbocycles. The van der Waals surface area contributed by atoms with E-state index in [-0.39, 0.29) is 5.57 Å². The van der Waals surface area contributed by atoms with Crippen LogP contribution >= 0.6 is 0 Å². The molecule has 0 heterocycles. The van der Waals surface area contributed by atoms with Crippen LogP contribution in [0.1, 0.15) is 38.5 Å². The zero-order valence-electron chi connectivity index (χ0n) is 11.5. The number of hydrogen-bond donors (Lipinski definition) is 2. The Kier molecular flexibility index (Phi) is 6.98. The van der Waals surface area contributed by atoms with Crippen molar-refractivity contribution in [2.24, 2.45) is 0 Å². The Balaban J connectivity index is 2.03. The average Bonchev–Trinajstić information content (AvgIpc) is 2.38. The van der Waals surface area contributed by atoms with E-state index in [1.807, 2.05) is 0 Å². The first-order valence-corrected chi connectivity index (χ1v) is 6.93. The molecular formula is C14H26N2O2. The molecule has 1 rings (SSSR count). The molecule has 0 bridgehead atoms. The number of carboxylic acids is 1. The number of hydrogen-bond acceptors (Lipinski definition) is 3. The van der Waals surface area contributed by atoms with Gasteiger partial charge in [0, 0.05) is 18.2 Å². The molecule has 2 N–H and O–H groups in total. The fourth-order valence-corrected chi connectivity index (χ4v) is 2.47. The van der Waals surface area contributed by atoms with Crippen molar-refractivity contribution in [3.05, 3.63) is 12.2 Å². The number of carboxylic acid groups (broad SMARTS) is 1. The summed E-state index contributed by atoms with van der Waals surface area (Å²) in [6, 6.07) is 0.757. The average molecular weight is 254 g/mol. The van der Waals surface area contributed by atoms with Crippen LogP contribution in [0.4, 0.5) is 0 Å². The Bertz CT molecular complexity index is 273. The molecule has 0 amide bonds. The summed E-state index contributed by atoms with van der Waals surface area (Å²) in [5, 5.41) is 11.8. The smallest absolute Gasteiger partial charge is 0.332 e. The molecule has 1 saturated carbocycles. The molecule has 0 radical (unpaired) electrons. The van der Waals surface area contributed by atoms with Crippen molar-refractivity contribution in [1.82, 2.24) is 10.2 Å². The van der Waals surface area contributed by atoms with Crippen molar-refractivity contribution in [3.8, 4) is 0 Å². The largest absolute Gasteiger partial charge is 0.478 e. The summed E-state index contributed by atoms with van der Waals surface area (Å²) in [5.74, 6) is -0.915. The molecule has 4 heteroatoms. The second-order valence-corrected chi connectivity index (χ2v) is 5.21. The molecular weight excluding hydrogens is 228 g/mol. The molecule has 0 aromatic carbocycles. The van der Waals surface area contributed by atoms with Gasteiger partial charge in [-0.25, -0.2) is 4.79 Å². The number of nitrogens with one attached hydrogen (secondary N) is 1. The molecule has 18 heavy (non-hydrogen) atoms. The topological polar surface area (TPSA) is 52.6 Å². The van der Waals surface area contributed by atoms with E-state index in [9.17, 15) is 4.79 Å². The first-order chi connectivity index (χ1) is 8.61. The maximum atomic E-state index is 10.5. The Morgan fingerprint density at radius 2 is 2.06 bits per heavy atom. The van der Waals surface area contributed by atoms with Crippen molar-refractivity contribution in [1.29, 1.82) is 0 Å². The van der Waals surface area contributed by atoms with Crippen LogP contribution in [0.15, 0.2) is 12.2 Å². The molecule has 0 aromatic rings. The summed E-state index contributed by atoms with van der Waals surface area (Å²) in [7, 11) is 2.20. The standard InChI is InChI=1S/C14H26N2O2/c1-12(14(17)18)11-15-9-6-10-16(2)13-7-4-3-5-8-13/h13,15H,1,3-11H2,2H3,(H,17,18). The van der Waals surface area contributed by atoms with Crippen LogP contribution in [-0.2, 0) is 4.79 Å². The van der Waals surface area contributed by atoms with Crippen molar-refractivity contribution < 1.29 is 9.90 Å². The lowest BCUT2D eigenvalue weighted by Gasteiger charge is -2.31. The lowest BCUT2D eigenvalue weighted by atomic mass is 9.94. The lowest BCUT2D eigenvalue weighted by molar-refractivity contribution is -0.132. The monoisotopic (exact) mass is 254 g/mol. The highest BCUT2D eigenvalue weighted by Gasteiger charge is 2.17. The third kappa shape index (κ3) is 5.65. The highest BCUT2D eigenvalue weighted by Crippen LogP contribution is 2.21. The summed E-state index contributed by atoms with van der Waals surface area (Å²) in [5.41, 5.74) is 0.232. The van der Waals surface area contributed by atoms with E-state index in [0.29, 0.717) is 6.54 Å². The normalized spacial score (nSPS) is 17.0. The van der Waals surface area contributed by atoms with E-state index >= 15 is 0 Å².